The highest BCUT2D eigenvalue weighted by Gasteiger charge is 2.10. The van der Waals surface area contributed by atoms with E-state index in [9.17, 15) is 0 Å². The highest BCUT2D eigenvalue weighted by atomic mass is 15.1. The van der Waals surface area contributed by atoms with Crippen molar-refractivity contribution in [3.63, 3.8) is 0 Å². The monoisotopic (exact) mass is 283 g/mol. The molecule has 1 fully saturated rings. The van der Waals surface area contributed by atoms with E-state index in [-0.39, 0.29) is 0 Å². The topological polar surface area (TPSA) is 53.1 Å². The molecule has 0 radical (unpaired) electrons. The lowest BCUT2D eigenvalue weighted by molar-refractivity contribution is 0.578. The van der Waals surface area contributed by atoms with Gasteiger partial charge in [-0.15, -0.1) is 0 Å². The van der Waals surface area contributed by atoms with Gasteiger partial charge in [0.25, 0.3) is 0 Å². The van der Waals surface area contributed by atoms with Gasteiger partial charge in [0.2, 0.25) is 5.95 Å². The number of nitrogens with zero attached hydrogens (tertiary/aromatic N) is 3. The molecular formula is C16H21N5. The lowest BCUT2D eigenvalue weighted by atomic mass is 10.1. The fourth-order valence-corrected chi connectivity index (χ4v) is 2.60. The molecule has 0 aliphatic carbocycles. The Hall–Kier alpha value is -2.30. The number of benzene rings is 1. The molecule has 110 valence electrons. The second-order valence-electron chi connectivity index (χ2n) is 5.24. The molecule has 1 aromatic heterocycles. The minimum absolute atomic E-state index is 0.616. The van der Waals surface area contributed by atoms with E-state index in [2.05, 4.69) is 49.8 Å². The largest absolute Gasteiger partial charge is 0.372 e. The van der Waals surface area contributed by atoms with Crippen LogP contribution in [0.15, 0.2) is 36.5 Å². The van der Waals surface area contributed by atoms with Gasteiger partial charge in [-0.3, -0.25) is 0 Å². The smallest absolute Gasteiger partial charge is 0.224 e. The summed E-state index contributed by atoms with van der Waals surface area (Å²) in [5, 5.41) is 6.24. The third-order valence-corrected chi connectivity index (χ3v) is 3.74. The number of piperidine rings is 1. The van der Waals surface area contributed by atoms with Gasteiger partial charge < -0.3 is 15.5 Å². The van der Waals surface area contributed by atoms with Crippen LogP contribution in [0.1, 0.15) is 19.3 Å². The van der Waals surface area contributed by atoms with Crippen molar-refractivity contribution in [1.29, 1.82) is 0 Å². The van der Waals surface area contributed by atoms with Crippen molar-refractivity contribution >= 4 is 23.1 Å². The lowest BCUT2D eigenvalue weighted by Gasteiger charge is -2.28. The summed E-state index contributed by atoms with van der Waals surface area (Å²) >= 11 is 0. The first-order chi connectivity index (χ1) is 10.3. The van der Waals surface area contributed by atoms with Crippen molar-refractivity contribution in [3.8, 4) is 0 Å². The van der Waals surface area contributed by atoms with Crippen molar-refractivity contribution in [3.05, 3.63) is 36.5 Å². The molecule has 5 heteroatoms. The summed E-state index contributed by atoms with van der Waals surface area (Å²) in [7, 11) is 1.81. The highest BCUT2D eigenvalue weighted by molar-refractivity contribution is 5.61. The lowest BCUT2D eigenvalue weighted by Crippen LogP contribution is -2.29. The summed E-state index contributed by atoms with van der Waals surface area (Å²) in [5.41, 5.74) is 2.34. The van der Waals surface area contributed by atoms with Gasteiger partial charge in [-0.25, -0.2) is 4.98 Å². The molecule has 2 N–H and O–H groups in total. The van der Waals surface area contributed by atoms with Crippen LogP contribution >= 0.6 is 0 Å². The van der Waals surface area contributed by atoms with E-state index in [1.54, 1.807) is 6.20 Å². The van der Waals surface area contributed by atoms with E-state index in [0.717, 1.165) is 11.5 Å². The van der Waals surface area contributed by atoms with Crippen molar-refractivity contribution in [2.24, 2.45) is 0 Å². The van der Waals surface area contributed by atoms with Gasteiger partial charge in [0.1, 0.15) is 5.82 Å². The Morgan fingerprint density at radius 2 is 1.76 bits per heavy atom. The zero-order chi connectivity index (χ0) is 14.5. The molecule has 21 heavy (non-hydrogen) atoms. The molecule has 0 saturated carbocycles. The summed E-state index contributed by atoms with van der Waals surface area (Å²) in [6, 6.07) is 10.4. The molecule has 1 saturated heterocycles. The van der Waals surface area contributed by atoms with E-state index < -0.39 is 0 Å². The van der Waals surface area contributed by atoms with Gasteiger partial charge in [0.05, 0.1) is 0 Å². The molecule has 0 amide bonds. The summed E-state index contributed by atoms with van der Waals surface area (Å²) in [5.74, 6) is 1.41. The van der Waals surface area contributed by atoms with Crippen LogP contribution in [0, 0.1) is 0 Å². The average molecular weight is 283 g/mol. The Balaban J connectivity index is 1.68. The van der Waals surface area contributed by atoms with Crippen molar-refractivity contribution in [1.82, 2.24) is 9.97 Å². The molecule has 2 aromatic rings. The third-order valence-electron chi connectivity index (χ3n) is 3.74. The predicted octanol–water partition coefficient (Wildman–Crippen LogP) is 3.25. The highest BCUT2D eigenvalue weighted by Crippen LogP contribution is 2.23. The van der Waals surface area contributed by atoms with Crippen molar-refractivity contribution < 1.29 is 0 Å². The summed E-state index contributed by atoms with van der Waals surface area (Å²) in [6.07, 6.45) is 5.70. The molecular weight excluding hydrogens is 262 g/mol. The fraction of sp³-hybridized carbons (Fsp3) is 0.375. The molecule has 1 aliphatic heterocycles. The van der Waals surface area contributed by atoms with Crippen LogP contribution in [-0.4, -0.2) is 30.1 Å². The zero-order valence-electron chi connectivity index (χ0n) is 12.3. The number of anilines is 4. The minimum Gasteiger partial charge on any atom is -0.372 e. The fourth-order valence-electron chi connectivity index (χ4n) is 2.60. The number of rotatable bonds is 4. The second kappa shape index (κ2) is 6.43. The van der Waals surface area contributed by atoms with Crippen LogP contribution in [0.25, 0.3) is 0 Å². The Labute approximate surface area is 125 Å². The van der Waals surface area contributed by atoms with Gasteiger partial charge in [-0.1, -0.05) is 0 Å². The van der Waals surface area contributed by atoms with Crippen LogP contribution in [0.2, 0.25) is 0 Å². The Morgan fingerprint density at radius 1 is 1.00 bits per heavy atom. The zero-order valence-corrected chi connectivity index (χ0v) is 12.3. The summed E-state index contributed by atoms with van der Waals surface area (Å²) in [4.78, 5) is 10.9. The third kappa shape index (κ3) is 3.42. The molecule has 5 nitrogen and oxygen atoms in total. The second-order valence-corrected chi connectivity index (χ2v) is 5.24. The number of hydrogen-bond donors (Lipinski definition) is 2. The molecule has 1 aromatic carbocycles. The summed E-state index contributed by atoms with van der Waals surface area (Å²) in [6.45, 7) is 2.34. The molecule has 3 rings (SSSR count). The van der Waals surface area contributed by atoms with E-state index in [4.69, 9.17) is 0 Å². The Morgan fingerprint density at radius 3 is 2.48 bits per heavy atom. The van der Waals surface area contributed by atoms with Gasteiger partial charge in [0.15, 0.2) is 0 Å². The van der Waals surface area contributed by atoms with Gasteiger partial charge in [-0.2, -0.15) is 4.98 Å². The van der Waals surface area contributed by atoms with Gasteiger partial charge in [-0.05, 0) is 49.6 Å². The quantitative estimate of drug-likeness (QED) is 0.902. The van der Waals surface area contributed by atoms with E-state index in [1.165, 1.54) is 38.0 Å². The van der Waals surface area contributed by atoms with E-state index in [0.29, 0.717) is 5.95 Å². The predicted molar refractivity (Wildman–Crippen MR) is 87.4 cm³/mol. The maximum atomic E-state index is 4.36. The standard InChI is InChI=1S/C16H21N5/c1-17-16-18-10-9-15(20-16)19-13-5-7-14(8-6-13)21-11-3-2-4-12-21/h5-10H,2-4,11-12H2,1H3,(H2,17,18,19,20). The van der Waals surface area contributed by atoms with Crippen LogP contribution in [0.3, 0.4) is 0 Å². The van der Waals surface area contributed by atoms with Crippen molar-refractivity contribution in [2.75, 3.05) is 35.7 Å². The molecule has 0 atom stereocenters. The molecule has 0 spiro atoms. The van der Waals surface area contributed by atoms with Crippen molar-refractivity contribution in [2.45, 2.75) is 19.3 Å². The van der Waals surface area contributed by atoms with Gasteiger partial charge in [0, 0.05) is 37.7 Å². The Bertz CT molecular complexity index is 575. The Kier molecular flexibility index (Phi) is 4.19. The number of nitrogens with one attached hydrogen (secondary N) is 2. The average Bonchev–Trinajstić information content (AvgIpc) is 2.56. The van der Waals surface area contributed by atoms with Crippen LogP contribution < -0.4 is 15.5 Å². The molecule has 2 heterocycles. The van der Waals surface area contributed by atoms with E-state index >= 15 is 0 Å². The maximum absolute atomic E-state index is 4.36. The normalized spacial score (nSPS) is 14.8. The molecule has 1 aliphatic rings. The van der Waals surface area contributed by atoms with Crippen LogP contribution in [0.4, 0.5) is 23.1 Å². The SMILES string of the molecule is CNc1nccc(Nc2ccc(N3CCCCC3)cc2)n1. The number of aromatic nitrogens is 2. The first kappa shape index (κ1) is 13.7. The first-order valence-corrected chi connectivity index (χ1v) is 7.48. The van der Waals surface area contributed by atoms with Crippen LogP contribution in [-0.2, 0) is 0 Å². The van der Waals surface area contributed by atoms with E-state index in [1.807, 2.05) is 13.1 Å². The maximum Gasteiger partial charge on any atom is 0.224 e. The van der Waals surface area contributed by atoms with Gasteiger partial charge >= 0.3 is 0 Å². The first-order valence-electron chi connectivity index (χ1n) is 7.48. The molecule has 0 unspecified atom stereocenters. The molecule has 0 bridgehead atoms. The minimum atomic E-state index is 0.616. The summed E-state index contributed by atoms with van der Waals surface area (Å²) < 4.78 is 0. The number of hydrogen-bond acceptors (Lipinski definition) is 5. The van der Waals surface area contributed by atoms with Crippen LogP contribution in [0.5, 0.6) is 0 Å².